The van der Waals surface area contributed by atoms with E-state index in [1.807, 2.05) is 6.92 Å². The molecule has 2 unspecified atom stereocenters. The molecule has 0 heterocycles. The number of Topliss-reactive ketones (excluding diaryl/α,β-unsaturated/α-hetero) is 1. The Hall–Kier alpha value is -1.59. The zero-order chi connectivity index (χ0) is 18.5. The zero-order valence-electron chi connectivity index (χ0n) is 16.0. The highest BCUT2D eigenvalue weighted by Gasteiger charge is 2.39. The summed E-state index contributed by atoms with van der Waals surface area (Å²) in [5, 5.41) is 3.21. The van der Waals surface area contributed by atoms with Crippen LogP contribution in [-0.4, -0.2) is 30.4 Å². The number of amides is 1. The summed E-state index contributed by atoms with van der Waals surface area (Å²) in [7, 11) is 0. The van der Waals surface area contributed by atoms with Gasteiger partial charge in [-0.25, -0.2) is 0 Å². The van der Waals surface area contributed by atoms with Crippen LogP contribution in [0.1, 0.15) is 62.2 Å². The van der Waals surface area contributed by atoms with Gasteiger partial charge in [-0.05, 0) is 68.7 Å². The molecule has 1 amide bonds. The van der Waals surface area contributed by atoms with Gasteiger partial charge in [-0.1, -0.05) is 6.42 Å². The standard InChI is InChI=1S/C21H30N2O3.ClH/c1-2-26-18-8-6-14(7-9-18)19(24)10-11-20(25)23-21-15-4-3-5-16(21)13-17(22)12-15;/h6-9,15-17,21H,2-5,10-13,22H2,1H3,(H,23,25);1H. The van der Waals surface area contributed by atoms with E-state index in [-0.39, 0.29) is 49.0 Å². The minimum Gasteiger partial charge on any atom is -0.494 e. The van der Waals surface area contributed by atoms with E-state index in [9.17, 15) is 9.59 Å². The van der Waals surface area contributed by atoms with Crippen molar-refractivity contribution in [1.82, 2.24) is 5.32 Å². The van der Waals surface area contributed by atoms with E-state index in [1.165, 1.54) is 6.42 Å². The molecule has 150 valence electrons. The summed E-state index contributed by atoms with van der Waals surface area (Å²) >= 11 is 0. The Morgan fingerprint density at radius 1 is 1.11 bits per heavy atom. The molecule has 0 aromatic heterocycles. The molecule has 0 saturated heterocycles. The molecule has 27 heavy (non-hydrogen) atoms. The largest absolute Gasteiger partial charge is 0.494 e. The van der Waals surface area contributed by atoms with Crippen LogP contribution in [0, 0.1) is 11.8 Å². The van der Waals surface area contributed by atoms with Crippen molar-refractivity contribution in [2.24, 2.45) is 17.6 Å². The highest BCUT2D eigenvalue weighted by atomic mass is 35.5. The normalized spacial score (nSPS) is 26.6. The second kappa shape index (κ2) is 10.1. The molecule has 1 aromatic rings. The Kier molecular flexibility index (Phi) is 8.11. The van der Waals surface area contributed by atoms with Crippen molar-refractivity contribution in [1.29, 1.82) is 0 Å². The lowest BCUT2D eigenvalue weighted by Crippen LogP contribution is -2.53. The molecular weight excluding hydrogens is 364 g/mol. The van der Waals surface area contributed by atoms with E-state index >= 15 is 0 Å². The van der Waals surface area contributed by atoms with Gasteiger partial charge in [0.05, 0.1) is 6.61 Å². The van der Waals surface area contributed by atoms with Crippen LogP contribution in [-0.2, 0) is 4.79 Å². The topological polar surface area (TPSA) is 81.4 Å². The van der Waals surface area contributed by atoms with Gasteiger partial charge in [0.2, 0.25) is 5.91 Å². The maximum absolute atomic E-state index is 12.4. The van der Waals surface area contributed by atoms with Crippen LogP contribution in [0.25, 0.3) is 0 Å². The van der Waals surface area contributed by atoms with Crippen LogP contribution < -0.4 is 15.8 Å². The number of hydrogen-bond acceptors (Lipinski definition) is 4. The number of ketones is 1. The van der Waals surface area contributed by atoms with Crippen LogP contribution in [0.3, 0.4) is 0 Å². The first-order valence-corrected chi connectivity index (χ1v) is 9.87. The van der Waals surface area contributed by atoms with Crippen molar-refractivity contribution >= 4 is 24.1 Å². The van der Waals surface area contributed by atoms with Gasteiger partial charge < -0.3 is 15.8 Å². The fourth-order valence-corrected chi connectivity index (χ4v) is 4.56. The average Bonchev–Trinajstić information content (AvgIpc) is 2.61. The van der Waals surface area contributed by atoms with Gasteiger partial charge in [0.25, 0.3) is 0 Å². The summed E-state index contributed by atoms with van der Waals surface area (Å²) in [6.07, 6.45) is 6.04. The third kappa shape index (κ3) is 5.69. The van der Waals surface area contributed by atoms with E-state index in [2.05, 4.69) is 5.32 Å². The summed E-state index contributed by atoms with van der Waals surface area (Å²) in [5.41, 5.74) is 6.77. The quantitative estimate of drug-likeness (QED) is 0.693. The molecule has 0 aliphatic heterocycles. The summed E-state index contributed by atoms with van der Waals surface area (Å²) in [6, 6.07) is 7.64. The molecular formula is C21H31ClN2O3. The summed E-state index contributed by atoms with van der Waals surface area (Å²) in [6.45, 7) is 2.52. The molecule has 2 aliphatic carbocycles. The first kappa shape index (κ1) is 21.7. The first-order valence-electron chi connectivity index (χ1n) is 9.87. The minimum atomic E-state index is -0.0124. The molecule has 3 N–H and O–H groups in total. The van der Waals surface area contributed by atoms with E-state index in [4.69, 9.17) is 10.5 Å². The second-order valence-corrected chi connectivity index (χ2v) is 7.66. The summed E-state index contributed by atoms with van der Waals surface area (Å²) in [5.74, 6) is 1.74. The first-order chi connectivity index (χ1) is 12.6. The van der Waals surface area contributed by atoms with E-state index in [0.29, 0.717) is 24.0 Å². The number of nitrogens with two attached hydrogens (primary N) is 1. The van der Waals surface area contributed by atoms with Crippen molar-refractivity contribution in [3.8, 4) is 5.75 Å². The molecule has 3 rings (SSSR count). The number of rotatable bonds is 7. The number of ether oxygens (including phenoxy) is 1. The van der Waals surface area contributed by atoms with Gasteiger partial charge in [-0.3, -0.25) is 9.59 Å². The molecule has 2 fully saturated rings. The number of carbonyl (C=O) groups is 2. The molecule has 2 bridgehead atoms. The third-order valence-corrected chi connectivity index (χ3v) is 5.77. The molecule has 0 radical (unpaired) electrons. The lowest BCUT2D eigenvalue weighted by atomic mass is 9.67. The highest BCUT2D eigenvalue weighted by molar-refractivity contribution is 5.98. The molecule has 2 saturated carbocycles. The Balaban J connectivity index is 0.00000261. The molecule has 2 aliphatic rings. The summed E-state index contributed by atoms with van der Waals surface area (Å²) < 4.78 is 5.38. The van der Waals surface area contributed by atoms with E-state index < -0.39 is 0 Å². The van der Waals surface area contributed by atoms with Gasteiger partial charge in [0.1, 0.15) is 5.75 Å². The molecule has 6 heteroatoms. The summed E-state index contributed by atoms with van der Waals surface area (Å²) in [4.78, 5) is 24.7. The minimum absolute atomic E-state index is 0. The number of hydrogen-bond donors (Lipinski definition) is 2. The Morgan fingerprint density at radius 3 is 2.33 bits per heavy atom. The van der Waals surface area contributed by atoms with Crippen LogP contribution >= 0.6 is 12.4 Å². The van der Waals surface area contributed by atoms with Gasteiger partial charge in [-0.2, -0.15) is 0 Å². The Morgan fingerprint density at radius 2 is 1.74 bits per heavy atom. The fraction of sp³-hybridized carbons (Fsp3) is 0.619. The van der Waals surface area contributed by atoms with Crippen molar-refractivity contribution in [3.63, 3.8) is 0 Å². The van der Waals surface area contributed by atoms with Gasteiger partial charge in [0, 0.05) is 30.5 Å². The number of carbonyl (C=O) groups excluding carboxylic acids is 2. The number of halogens is 1. The second-order valence-electron chi connectivity index (χ2n) is 7.66. The maximum atomic E-state index is 12.4. The van der Waals surface area contributed by atoms with E-state index in [0.717, 1.165) is 31.4 Å². The van der Waals surface area contributed by atoms with Gasteiger partial charge in [-0.15, -0.1) is 12.4 Å². The lowest BCUT2D eigenvalue weighted by Gasteiger charge is -2.45. The van der Waals surface area contributed by atoms with Crippen molar-refractivity contribution < 1.29 is 14.3 Å². The van der Waals surface area contributed by atoms with Gasteiger partial charge in [0.15, 0.2) is 5.78 Å². The van der Waals surface area contributed by atoms with E-state index in [1.54, 1.807) is 24.3 Å². The Labute approximate surface area is 167 Å². The number of fused-ring (bicyclic) bond motifs is 2. The fourth-order valence-electron chi connectivity index (χ4n) is 4.56. The lowest BCUT2D eigenvalue weighted by molar-refractivity contribution is -0.123. The van der Waals surface area contributed by atoms with Crippen molar-refractivity contribution in [3.05, 3.63) is 29.8 Å². The van der Waals surface area contributed by atoms with Crippen LogP contribution in [0.4, 0.5) is 0 Å². The number of nitrogens with one attached hydrogen (secondary N) is 1. The van der Waals surface area contributed by atoms with Crippen molar-refractivity contribution in [2.75, 3.05) is 6.61 Å². The van der Waals surface area contributed by atoms with Crippen LogP contribution in [0.5, 0.6) is 5.75 Å². The molecule has 1 aromatic carbocycles. The van der Waals surface area contributed by atoms with Crippen LogP contribution in [0.2, 0.25) is 0 Å². The number of benzene rings is 1. The highest BCUT2D eigenvalue weighted by Crippen LogP contribution is 2.39. The van der Waals surface area contributed by atoms with Crippen molar-refractivity contribution in [2.45, 2.75) is 64.0 Å². The third-order valence-electron chi connectivity index (χ3n) is 5.77. The van der Waals surface area contributed by atoms with Crippen LogP contribution in [0.15, 0.2) is 24.3 Å². The monoisotopic (exact) mass is 394 g/mol. The Bertz CT molecular complexity index is 621. The maximum Gasteiger partial charge on any atom is 0.220 e. The van der Waals surface area contributed by atoms with Gasteiger partial charge >= 0.3 is 0 Å². The smallest absolute Gasteiger partial charge is 0.220 e. The molecule has 2 atom stereocenters. The predicted molar refractivity (Wildman–Crippen MR) is 108 cm³/mol. The average molecular weight is 395 g/mol. The molecule has 0 spiro atoms. The predicted octanol–water partition coefficient (Wildman–Crippen LogP) is 3.49. The SMILES string of the molecule is CCOc1ccc(C(=O)CCC(=O)NC2C3CCCC2CC(N)C3)cc1.Cl. The zero-order valence-corrected chi connectivity index (χ0v) is 16.8. The molecule has 5 nitrogen and oxygen atoms in total.